The summed E-state index contributed by atoms with van der Waals surface area (Å²) in [6.45, 7) is -0.495. The molecule has 1 aromatic heterocycles. The molecule has 0 aliphatic carbocycles. The molecule has 5 N–H and O–H groups in total. The number of carbonyl (C=O) groups excluding carboxylic acids is 2. The van der Waals surface area contributed by atoms with E-state index >= 15 is 0 Å². The summed E-state index contributed by atoms with van der Waals surface area (Å²) in [6, 6.07) is 3.93. The molecule has 1 atom stereocenters. The fraction of sp³-hybridized carbons (Fsp3) is 0.250. The fourth-order valence-corrected chi connectivity index (χ4v) is 2.59. The Morgan fingerprint density at radius 2 is 2.12 bits per heavy atom. The predicted molar refractivity (Wildman–Crippen MR) is 98.7 cm³/mol. The molecular formula is C16H18N4O5S. The van der Waals surface area contributed by atoms with Crippen LogP contribution in [0.15, 0.2) is 24.4 Å². The van der Waals surface area contributed by atoms with Gasteiger partial charge in [-0.25, -0.2) is 0 Å². The number of ether oxygens (including phenoxy) is 1. The number of aliphatic carboxylic acids is 1. The molecule has 9 nitrogen and oxygen atoms in total. The van der Waals surface area contributed by atoms with Gasteiger partial charge in [0.25, 0.3) is 5.91 Å². The summed E-state index contributed by atoms with van der Waals surface area (Å²) in [4.78, 5) is 38.6. The largest absolute Gasteiger partial charge is 0.496 e. The number of amides is 2. The number of primary amides is 1. The Hall–Kier alpha value is -3.01. The Bertz CT molecular complexity index is 858. The summed E-state index contributed by atoms with van der Waals surface area (Å²) < 4.78 is 5.16. The van der Waals surface area contributed by atoms with Crippen molar-refractivity contribution < 1.29 is 24.2 Å². The van der Waals surface area contributed by atoms with Gasteiger partial charge in [-0.05, 0) is 12.1 Å². The first-order valence-electron chi connectivity index (χ1n) is 7.50. The Morgan fingerprint density at radius 1 is 1.38 bits per heavy atom. The number of fused-ring (bicyclic) bond motifs is 1. The van der Waals surface area contributed by atoms with Crippen molar-refractivity contribution in [2.45, 2.75) is 6.04 Å². The van der Waals surface area contributed by atoms with Gasteiger partial charge in [-0.1, -0.05) is 0 Å². The molecule has 2 aromatic rings. The van der Waals surface area contributed by atoms with Crippen LogP contribution in [-0.4, -0.2) is 53.3 Å². The highest BCUT2D eigenvalue weighted by Crippen LogP contribution is 2.29. The number of carboxylic acid groups (broad SMARTS) is 1. The Kier molecular flexibility index (Phi) is 6.23. The van der Waals surface area contributed by atoms with Crippen molar-refractivity contribution >= 4 is 47.0 Å². The first-order chi connectivity index (χ1) is 12.4. The second-order valence-corrected chi connectivity index (χ2v) is 5.65. The highest BCUT2D eigenvalue weighted by atomic mass is 32.1. The maximum Gasteiger partial charge on any atom is 0.322 e. The molecule has 2 amide bonds. The number of hydrogen-bond acceptors (Lipinski definition) is 7. The Balaban J connectivity index is 2.39. The summed E-state index contributed by atoms with van der Waals surface area (Å²) in [5, 5.41) is 14.5. The third-order valence-electron chi connectivity index (χ3n) is 3.57. The maximum atomic E-state index is 12.1. The average Bonchev–Trinajstić information content (AvgIpc) is 2.62. The van der Waals surface area contributed by atoms with Crippen LogP contribution in [0.3, 0.4) is 0 Å². The van der Waals surface area contributed by atoms with E-state index in [1.807, 2.05) is 0 Å². The molecule has 0 aliphatic rings. The van der Waals surface area contributed by atoms with Crippen LogP contribution in [0.4, 0.5) is 5.69 Å². The number of rotatable bonds is 8. The van der Waals surface area contributed by atoms with Crippen molar-refractivity contribution in [3.63, 3.8) is 0 Å². The van der Waals surface area contributed by atoms with Crippen LogP contribution in [0.2, 0.25) is 0 Å². The number of aromatic nitrogens is 1. The lowest BCUT2D eigenvalue weighted by Gasteiger charge is -2.19. The zero-order valence-electron chi connectivity index (χ0n) is 13.9. The first-order valence-corrected chi connectivity index (χ1v) is 8.14. The number of benzene rings is 1. The lowest BCUT2D eigenvalue weighted by molar-refractivity contribution is -0.137. The molecule has 1 heterocycles. The Morgan fingerprint density at radius 3 is 2.69 bits per heavy atom. The number of anilines is 1. The average molecular weight is 378 g/mol. The van der Waals surface area contributed by atoms with Crippen molar-refractivity contribution in [1.29, 1.82) is 0 Å². The molecule has 0 saturated carbocycles. The molecule has 0 spiro atoms. The number of nitrogens with two attached hydrogens (primary N) is 1. The van der Waals surface area contributed by atoms with Crippen LogP contribution in [-0.2, 0) is 9.59 Å². The van der Waals surface area contributed by atoms with E-state index in [9.17, 15) is 14.4 Å². The standard InChI is InChI=1S/C16H18N4O5S/c1-25-13-5-11-8(4-9(13)15(17)23)10(2-3-18-11)20-12(7-26)16(24)19-6-14(21)22/h2-5,12,26H,6-7H2,1H3,(H2,17,23)(H,18,20)(H,19,24)(H,21,22). The normalized spacial score (nSPS) is 11.6. The zero-order valence-corrected chi connectivity index (χ0v) is 14.7. The van der Waals surface area contributed by atoms with Gasteiger partial charge < -0.3 is 26.2 Å². The lowest BCUT2D eigenvalue weighted by atomic mass is 10.1. The second kappa shape index (κ2) is 8.39. The minimum absolute atomic E-state index is 0.119. The third kappa shape index (κ3) is 4.33. The lowest BCUT2D eigenvalue weighted by Crippen LogP contribution is -2.42. The molecule has 0 fully saturated rings. The van der Waals surface area contributed by atoms with Gasteiger partial charge in [0, 0.05) is 29.1 Å². The van der Waals surface area contributed by atoms with Crippen LogP contribution in [0.5, 0.6) is 5.75 Å². The summed E-state index contributed by atoms with van der Waals surface area (Å²) in [6.07, 6.45) is 1.53. The third-order valence-corrected chi connectivity index (χ3v) is 3.94. The molecule has 10 heteroatoms. The van der Waals surface area contributed by atoms with Crippen molar-refractivity contribution in [1.82, 2.24) is 10.3 Å². The first kappa shape index (κ1) is 19.3. The van der Waals surface area contributed by atoms with Crippen LogP contribution in [0.25, 0.3) is 10.9 Å². The summed E-state index contributed by atoms with van der Waals surface area (Å²) in [7, 11) is 1.42. The number of carboxylic acids is 1. The number of hydrogen-bond donors (Lipinski definition) is 5. The number of thiol groups is 1. The molecule has 26 heavy (non-hydrogen) atoms. The highest BCUT2D eigenvalue weighted by molar-refractivity contribution is 7.80. The van der Waals surface area contributed by atoms with Gasteiger partial charge in [-0.3, -0.25) is 19.4 Å². The van der Waals surface area contributed by atoms with Crippen molar-refractivity contribution in [2.75, 3.05) is 24.7 Å². The van der Waals surface area contributed by atoms with Gasteiger partial charge in [-0.2, -0.15) is 12.6 Å². The summed E-state index contributed by atoms with van der Waals surface area (Å²) >= 11 is 4.13. The van der Waals surface area contributed by atoms with Crippen LogP contribution in [0, 0.1) is 0 Å². The SMILES string of the molecule is COc1cc2nccc(NC(CS)C(=O)NCC(=O)O)c2cc1C(N)=O. The molecule has 1 unspecified atom stereocenters. The number of nitrogens with one attached hydrogen (secondary N) is 2. The molecule has 0 bridgehead atoms. The number of carbonyl (C=O) groups is 3. The van der Waals surface area contributed by atoms with Crippen molar-refractivity contribution in [3.05, 3.63) is 30.0 Å². The van der Waals surface area contributed by atoms with E-state index < -0.39 is 30.4 Å². The predicted octanol–water partition coefficient (Wildman–Crippen LogP) is 0.253. The Labute approximate surface area is 154 Å². The number of nitrogens with zero attached hydrogens (tertiary/aromatic N) is 1. The van der Waals surface area contributed by atoms with E-state index in [4.69, 9.17) is 15.6 Å². The fourth-order valence-electron chi connectivity index (χ4n) is 2.33. The van der Waals surface area contributed by atoms with E-state index in [0.717, 1.165) is 0 Å². The van der Waals surface area contributed by atoms with Gasteiger partial charge in [0.1, 0.15) is 18.3 Å². The minimum atomic E-state index is -1.15. The molecule has 138 valence electrons. The highest BCUT2D eigenvalue weighted by Gasteiger charge is 2.19. The number of methoxy groups -OCH3 is 1. The van der Waals surface area contributed by atoms with E-state index in [1.54, 1.807) is 12.1 Å². The van der Waals surface area contributed by atoms with Crippen LogP contribution >= 0.6 is 12.6 Å². The van der Waals surface area contributed by atoms with E-state index in [1.165, 1.54) is 19.4 Å². The van der Waals surface area contributed by atoms with Gasteiger partial charge in [0.05, 0.1) is 18.2 Å². The van der Waals surface area contributed by atoms with Gasteiger partial charge in [0.2, 0.25) is 5.91 Å². The van der Waals surface area contributed by atoms with Crippen LogP contribution in [0.1, 0.15) is 10.4 Å². The van der Waals surface area contributed by atoms with E-state index in [-0.39, 0.29) is 11.3 Å². The smallest absolute Gasteiger partial charge is 0.322 e. The zero-order chi connectivity index (χ0) is 19.3. The van der Waals surface area contributed by atoms with E-state index in [2.05, 4.69) is 28.2 Å². The van der Waals surface area contributed by atoms with E-state index in [0.29, 0.717) is 22.3 Å². The number of pyridine rings is 1. The second-order valence-electron chi connectivity index (χ2n) is 5.28. The molecular weight excluding hydrogens is 360 g/mol. The topological polar surface area (TPSA) is 144 Å². The van der Waals surface area contributed by atoms with Crippen LogP contribution < -0.4 is 21.1 Å². The van der Waals surface area contributed by atoms with Gasteiger partial charge in [-0.15, -0.1) is 0 Å². The monoisotopic (exact) mass is 378 g/mol. The minimum Gasteiger partial charge on any atom is -0.496 e. The molecule has 1 aromatic carbocycles. The van der Waals surface area contributed by atoms with Crippen molar-refractivity contribution in [3.8, 4) is 5.75 Å². The quantitative estimate of drug-likeness (QED) is 0.414. The summed E-state index contributed by atoms with van der Waals surface area (Å²) in [5.41, 5.74) is 6.60. The molecule has 0 radical (unpaired) electrons. The van der Waals surface area contributed by atoms with Crippen molar-refractivity contribution in [2.24, 2.45) is 5.73 Å². The molecule has 2 rings (SSSR count). The van der Waals surface area contributed by atoms with Gasteiger partial charge >= 0.3 is 5.97 Å². The maximum absolute atomic E-state index is 12.1. The summed E-state index contributed by atoms with van der Waals surface area (Å²) in [5.74, 6) is -1.92. The van der Waals surface area contributed by atoms with Gasteiger partial charge in [0.15, 0.2) is 0 Å². The molecule has 0 aliphatic heterocycles. The molecule has 0 saturated heterocycles.